The van der Waals surface area contributed by atoms with Crippen molar-refractivity contribution in [2.24, 2.45) is 4.99 Å². The number of halogens is 1. The van der Waals surface area contributed by atoms with Gasteiger partial charge in [-0.05, 0) is 32.8 Å². The lowest BCUT2D eigenvalue weighted by molar-refractivity contribution is 0.258. The summed E-state index contributed by atoms with van der Waals surface area (Å²) in [5.74, 6) is 0.653. The van der Waals surface area contributed by atoms with Gasteiger partial charge in [0.1, 0.15) is 0 Å². The number of guanidine groups is 1. The first-order chi connectivity index (χ1) is 12.1. The molecular weight excluding hydrogens is 475 g/mol. The van der Waals surface area contributed by atoms with E-state index < -0.39 is 14.6 Å². The molecule has 1 aromatic rings. The van der Waals surface area contributed by atoms with E-state index in [2.05, 4.69) is 51.7 Å². The highest BCUT2D eigenvalue weighted by Gasteiger charge is 2.32. The number of nitrogens with zero attached hydrogens (tertiary/aromatic N) is 2. The van der Waals surface area contributed by atoms with Gasteiger partial charge in [0, 0.05) is 45.0 Å². The number of sulfone groups is 1. The molecule has 8 heteroatoms. The van der Waals surface area contributed by atoms with Gasteiger partial charge in [0.15, 0.2) is 15.8 Å². The van der Waals surface area contributed by atoms with Crippen molar-refractivity contribution in [3.8, 4) is 0 Å². The molecule has 27 heavy (non-hydrogen) atoms. The maximum atomic E-state index is 11.9. The third kappa shape index (κ3) is 6.90. The van der Waals surface area contributed by atoms with Crippen molar-refractivity contribution >= 4 is 39.8 Å². The van der Waals surface area contributed by atoms with E-state index in [1.807, 2.05) is 6.07 Å². The fourth-order valence-electron chi connectivity index (χ4n) is 3.06. The van der Waals surface area contributed by atoms with Crippen molar-refractivity contribution in [1.29, 1.82) is 0 Å². The van der Waals surface area contributed by atoms with E-state index in [0.717, 1.165) is 19.5 Å². The molecular formula is C19H33IN4O2S. The molecule has 1 saturated heterocycles. The monoisotopic (exact) mass is 508 g/mol. The highest BCUT2D eigenvalue weighted by Crippen LogP contribution is 2.20. The van der Waals surface area contributed by atoms with Crippen LogP contribution in [0, 0.1) is 0 Å². The molecule has 0 aliphatic carbocycles. The van der Waals surface area contributed by atoms with Gasteiger partial charge >= 0.3 is 0 Å². The van der Waals surface area contributed by atoms with Crippen molar-refractivity contribution in [1.82, 2.24) is 15.5 Å². The van der Waals surface area contributed by atoms with E-state index in [9.17, 15) is 8.42 Å². The first-order valence-electron chi connectivity index (χ1n) is 9.07. The molecule has 6 nitrogen and oxygen atoms in total. The summed E-state index contributed by atoms with van der Waals surface area (Å²) < 4.78 is 22.9. The first-order valence-corrected chi connectivity index (χ1v) is 11.0. The summed E-state index contributed by atoms with van der Waals surface area (Å²) in [5, 5.41) is 6.60. The van der Waals surface area contributed by atoms with Crippen LogP contribution in [0.5, 0.6) is 0 Å². The summed E-state index contributed by atoms with van der Waals surface area (Å²) in [6.07, 6.45) is 2.30. The third-order valence-electron chi connectivity index (χ3n) is 5.18. The quantitative estimate of drug-likeness (QED) is 0.351. The van der Waals surface area contributed by atoms with E-state index in [1.165, 1.54) is 11.8 Å². The van der Waals surface area contributed by atoms with Crippen molar-refractivity contribution in [2.45, 2.75) is 50.6 Å². The zero-order chi connectivity index (χ0) is 19.4. The number of hydrogen-bond acceptors (Lipinski definition) is 4. The summed E-state index contributed by atoms with van der Waals surface area (Å²) in [5.41, 5.74) is 1.32. The fourth-order valence-corrected chi connectivity index (χ4v) is 3.39. The molecule has 1 aliphatic rings. The Morgan fingerprint density at radius 3 is 2.48 bits per heavy atom. The van der Waals surface area contributed by atoms with Crippen LogP contribution in [0.25, 0.3) is 0 Å². The van der Waals surface area contributed by atoms with Crippen LogP contribution in [-0.2, 0) is 16.4 Å². The predicted molar refractivity (Wildman–Crippen MR) is 124 cm³/mol. The number of nitrogens with one attached hydrogen (secondary N) is 2. The topological polar surface area (TPSA) is 73.8 Å². The molecule has 0 spiro atoms. The summed E-state index contributed by atoms with van der Waals surface area (Å²) >= 11 is 0. The predicted octanol–water partition coefficient (Wildman–Crippen LogP) is 2.26. The maximum absolute atomic E-state index is 11.9. The average Bonchev–Trinajstić information content (AvgIpc) is 2.90. The third-order valence-corrected chi connectivity index (χ3v) is 7.33. The Balaban J connectivity index is 0.00000364. The van der Waals surface area contributed by atoms with Crippen molar-refractivity contribution in [3.63, 3.8) is 0 Å². The van der Waals surface area contributed by atoms with E-state index >= 15 is 0 Å². The molecule has 1 aliphatic heterocycles. The van der Waals surface area contributed by atoms with Crippen LogP contribution < -0.4 is 10.6 Å². The largest absolute Gasteiger partial charge is 0.355 e. The van der Waals surface area contributed by atoms with Gasteiger partial charge in [-0.15, -0.1) is 24.0 Å². The molecule has 1 fully saturated rings. The average molecular weight is 508 g/mol. The molecule has 2 atom stereocenters. The number of aliphatic imine (C=N–C) groups is 1. The second-order valence-electron chi connectivity index (χ2n) is 7.80. The Morgan fingerprint density at radius 1 is 1.30 bits per heavy atom. The molecule has 1 heterocycles. The van der Waals surface area contributed by atoms with Crippen LogP contribution in [0.15, 0.2) is 35.3 Å². The minimum Gasteiger partial charge on any atom is -0.355 e. The standard InChI is InChI=1S/C19H32N4O2S.HI/c1-15-11-17(13-23(15)12-16-9-7-6-8-10-16)22-18(20-4)21-14-19(2,3)26(5,24)25;/h6-10,15,17H,11-14H2,1-5H3,(H2,20,21,22);1H. The molecule has 0 aromatic heterocycles. The van der Waals surface area contributed by atoms with E-state index in [1.54, 1.807) is 20.9 Å². The minimum atomic E-state index is -3.14. The summed E-state index contributed by atoms with van der Waals surface area (Å²) in [6, 6.07) is 11.3. The summed E-state index contributed by atoms with van der Waals surface area (Å²) in [4.78, 5) is 6.71. The lowest BCUT2D eigenvalue weighted by Crippen LogP contribution is -2.50. The van der Waals surface area contributed by atoms with Gasteiger partial charge in [-0.3, -0.25) is 9.89 Å². The zero-order valence-electron chi connectivity index (χ0n) is 16.9. The molecule has 0 radical (unpaired) electrons. The molecule has 0 saturated carbocycles. The molecule has 0 amide bonds. The van der Waals surface area contributed by atoms with Crippen molar-refractivity contribution < 1.29 is 8.42 Å². The lowest BCUT2D eigenvalue weighted by Gasteiger charge is -2.25. The number of hydrogen-bond donors (Lipinski definition) is 2. The van der Waals surface area contributed by atoms with Gasteiger partial charge in [-0.2, -0.15) is 0 Å². The molecule has 2 unspecified atom stereocenters. The Morgan fingerprint density at radius 2 is 1.93 bits per heavy atom. The number of rotatable bonds is 6. The lowest BCUT2D eigenvalue weighted by atomic mass is 10.2. The van der Waals surface area contributed by atoms with Gasteiger partial charge in [0.05, 0.1) is 4.75 Å². The number of benzene rings is 1. The van der Waals surface area contributed by atoms with Crippen LogP contribution in [0.2, 0.25) is 0 Å². The van der Waals surface area contributed by atoms with Gasteiger partial charge in [-0.25, -0.2) is 8.42 Å². The van der Waals surface area contributed by atoms with Crippen LogP contribution in [0.4, 0.5) is 0 Å². The summed E-state index contributed by atoms with van der Waals surface area (Å²) in [6.45, 7) is 7.89. The Bertz CT molecular complexity index is 722. The summed E-state index contributed by atoms with van der Waals surface area (Å²) in [7, 11) is -1.43. The second-order valence-corrected chi connectivity index (χ2v) is 10.4. The maximum Gasteiger partial charge on any atom is 0.191 e. The van der Waals surface area contributed by atoms with Gasteiger partial charge in [-0.1, -0.05) is 30.3 Å². The van der Waals surface area contributed by atoms with E-state index in [0.29, 0.717) is 24.6 Å². The molecule has 2 rings (SSSR count). The van der Waals surface area contributed by atoms with Gasteiger partial charge < -0.3 is 10.6 Å². The van der Waals surface area contributed by atoms with Crippen LogP contribution in [0.3, 0.4) is 0 Å². The normalized spacial score (nSPS) is 21.6. The minimum absolute atomic E-state index is 0. The number of likely N-dealkylation sites (tertiary alicyclic amines) is 1. The van der Waals surface area contributed by atoms with Crippen LogP contribution in [-0.4, -0.2) is 62.5 Å². The van der Waals surface area contributed by atoms with E-state index in [-0.39, 0.29) is 24.0 Å². The second kappa shape index (κ2) is 10.1. The van der Waals surface area contributed by atoms with Crippen molar-refractivity contribution in [2.75, 3.05) is 26.4 Å². The highest BCUT2D eigenvalue weighted by molar-refractivity contribution is 14.0. The Kier molecular flexibility index (Phi) is 9.01. The fraction of sp³-hybridized carbons (Fsp3) is 0.632. The Labute approximate surface area is 181 Å². The van der Waals surface area contributed by atoms with E-state index in [4.69, 9.17) is 0 Å². The molecule has 1 aromatic carbocycles. The van der Waals surface area contributed by atoms with Gasteiger partial charge in [0.2, 0.25) is 0 Å². The van der Waals surface area contributed by atoms with Crippen LogP contribution in [0.1, 0.15) is 32.8 Å². The SMILES string of the molecule is CN=C(NCC(C)(C)S(C)(=O)=O)NC1CC(C)N(Cc2ccccc2)C1.I. The molecule has 154 valence electrons. The molecule has 0 bridgehead atoms. The molecule has 2 N–H and O–H groups in total. The Hall–Kier alpha value is -0.870. The van der Waals surface area contributed by atoms with Crippen LogP contribution >= 0.6 is 24.0 Å². The van der Waals surface area contributed by atoms with Gasteiger partial charge in [0.25, 0.3) is 0 Å². The zero-order valence-corrected chi connectivity index (χ0v) is 20.0. The van der Waals surface area contributed by atoms with Crippen molar-refractivity contribution in [3.05, 3.63) is 35.9 Å². The smallest absolute Gasteiger partial charge is 0.191 e. The first kappa shape index (κ1) is 24.2. The highest BCUT2D eigenvalue weighted by atomic mass is 127.